The highest BCUT2D eigenvalue weighted by Gasteiger charge is 2.58. The molecule has 0 aliphatic carbocycles. The molecule has 27 heavy (non-hydrogen) atoms. The predicted molar refractivity (Wildman–Crippen MR) is 91.7 cm³/mol. The summed E-state index contributed by atoms with van der Waals surface area (Å²) < 4.78 is 43.9. The number of carbonyl (C=O) groups excluding carboxylic acids is 2. The van der Waals surface area contributed by atoms with E-state index in [1.807, 2.05) is 0 Å². The Hall–Kier alpha value is -2.80. The number of halogens is 2. The van der Waals surface area contributed by atoms with Crippen LogP contribution in [-0.4, -0.2) is 42.8 Å². The van der Waals surface area contributed by atoms with E-state index >= 15 is 0 Å². The monoisotopic (exact) mass is 376 g/mol. The Balaban J connectivity index is 1.69. The first-order valence-corrected chi connectivity index (χ1v) is 8.36. The molecule has 0 bridgehead atoms. The van der Waals surface area contributed by atoms with Gasteiger partial charge in [-0.25, -0.2) is 18.4 Å². The van der Waals surface area contributed by atoms with E-state index in [4.69, 9.17) is 14.2 Å². The Morgan fingerprint density at radius 1 is 1.00 bits per heavy atom. The summed E-state index contributed by atoms with van der Waals surface area (Å²) in [5.74, 6) is -1.49. The van der Waals surface area contributed by atoms with E-state index in [0.717, 1.165) is 6.92 Å². The topological polar surface area (TPSA) is 61.8 Å². The second kappa shape index (κ2) is 7.84. The zero-order chi connectivity index (χ0) is 19.4. The van der Waals surface area contributed by atoms with Crippen LogP contribution in [0.25, 0.3) is 0 Å². The molecule has 0 saturated carbocycles. The van der Waals surface area contributed by atoms with E-state index in [-0.39, 0.29) is 11.1 Å². The quantitative estimate of drug-likeness (QED) is 0.748. The van der Waals surface area contributed by atoms with Crippen molar-refractivity contribution in [3.8, 4) is 0 Å². The second-order valence-electron chi connectivity index (χ2n) is 6.30. The molecule has 142 valence electrons. The molecular weight excluding hydrogens is 358 g/mol. The number of benzene rings is 2. The molecule has 0 aromatic heterocycles. The molecule has 1 aliphatic rings. The van der Waals surface area contributed by atoms with Crippen LogP contribution in [0, 0.1) is 0 Å². The van der Waals surface area contributed by atoms with Gasteiger partial charge < -0.3 is 14.2 Å². The molecule has 1 saturated heterocycles. The number of hydrogen-bond donors (Lipinski definition) is 0. The number of esters is 2. The largest absolute Gasteiger partial charge is 0.459 e. The van der Waals surface area contributed by atoms with Crippen LogP contribution in [0.15, 0.2) is 60.7 Å². The summed E-state index contributed by atoms with van der Waals surface area (Å²) in [5.41, 5.74) is -2.10. The van der Waals surface area contributed by atoms with Gasteiger partial charge in [-0.3, -0.25) is 0 Å². The minimum atomic E-state index is -2.58. The van der Waals surface area contributed by atoms with Gasteiger partial charge in [0.25, 0.3) is 0 Å². The molecule has 1 heterocycles. The molecule has 1 unspecified atom stereocenters. The van der Waals surface area contributed by atoms with Crippen LogP contribution in [0.2, 0.25) is 0 Å². The average Bonchev–Trinajstić information content (AvgIpc) is 2.90. The van der Waals surface area contributed by atoms with Gasteiger partial charge in [0, 0.05) is 0 Å². The Morgan fingerprint density at radius 3 is 2.07 bits per heavy atom. The van der Waals surface area contributed by atoms with Gasteiger partial charge in [-0.15, -0.1) is 0 Å². The highest BCUT2D eigenvalue weighted by molar-refractivity contribution is 5.90. The maximum absolute atomic E-state index is 14.7. The molecule has 2 aromatic rings. The highest BCUT2D eigenvalue weighted by atomic mass is 19.2. The van der Waals surface area contributed by atoms with Crippen molar-refractivity contribution in [1.82, 2.24) is 0 Å². The van der Waals surface area contributed by atoms with Crippen molar-refractivity contribution in [2.75, 3.05) is 6.61 Å². The van der Waals surface area contributed by atoms with Gasteiger partial charge in [0.1, 0.15) is 12.7 Å². The Labute approximate surface area is 154 Å². The van der Waals surface area contributed by atoms with Crippen molar-refractivity contribution in [3.63, 3.8) is 0 Å². The smallest absolute Gasteiger partial charge is 0.338 e. The molecule has 0 radical (unpaired) electrons. The molecular formula is C20H18F2O5. The van der Waals surface area contributed by atoms with E-state index in [1.54, 1.807) is 48.5 Å². The van der Waals surface area contributed by atoms with Crippen LogP contribution >= 0.6 is 0 Å². The maximum Gasteiger partial charge on any atom is 0.338 e. The van der Waals surface area contributed by atoms with Crippen molar-refractivity contribution in [1.29, 1.82) is 0 Å². The van der Waals surface area contributed by atoms with Crippen molar-refractivity contribution >= 4 is 11.9 Å². The third-order valence-electron chi connectivity index (χ3n) is 4.26. The molecule has 4 atom stereocenters. The fourth-order valence-corrected chi connectivity index (χ4v) is 2.74. The molecule has 5 nitrogen and oxygen atoms in total. The van der Waals surface area contributed by atoms with Crippen LogP contribution < -0.4 is 0 Å². The first-order valence-electron chi connectivity index (χ1n) is 8.36. The van der Waals surface area contributed by atoms with E-state index in [0.29, 0.717) is 0 Å². The van der Waals surface area contributed by atoms with E-state index < -0.39 is 42.8 Å². The zero-order valence-electron chi connectivity index (χ0n) is 14.5. The highest BCUT2D eigenvalue weighted by Crippen LogP contribution is 2.38. The van der Waals surface area contributed by atoms with Crippen LogP contribution in [0.3, 0.4) is 0 Å². The summed E-state index contributed by atoms with van der Waals surface area (Å²) in [5, 5.41) is 0. The minimum Gasteiger partial charge on any atom is -0.459 e. The summed E-state index contributed by atoms with van der Waals surface area (Å²) in [7, 11) is 0. The van der Waals surface area contributed by atoms with Crippen LogP contribution in [0.1, 0.15) is 27.6 Å². The lowest BCUT2D eigenvalue weighted by atomic mass is 10.00. The summed E-state index contributed by atoms with van der Waals surface area (Å²) in [4.78, 5) is 24.2. The van der Waals surface area contributed by atoms with Gasteiger partial charge >= 0.3 is 11.9 Å². The van der Waals surface area contributed by atoms with Gasteiger partial charge in [0.15, 0.2) is 6.10 Å². The molecule has 3 rings (SSSR count). The number of carbonyl (C=O) groups is 2. The number of alkyl halides is 2. The molecule has 1 aliphatic heterocycles. The molecule has 0 N–H and O–H groups in total. The van der Waals surface area contributed by atoms with Gasteiger partial charge in [0.2, 0.25) is 12.0 Å². The molecule has 0 spiro atoms. The second-order valence-corrected chi connectivity index (χ2v) is 6.30. The van der Waals surface area contributed by atoms with Crippen LogP contribution in [0.5, 0.6) is 0 Å². The average molecular weight is 376 g/mol. The Morgan fingerprint density at radius 2 is 1.52 bits per heavy atom. The van der Waals surface area contributed by atoms with Crippen molar-refractivity contribution in [2.24, 2.45) is 0 Å². The maximum atomic E-state index is 14.7. The summed E-state index contributed by atoms with van der Waals surface area (Å²) >= 11 is 0. The van der Waals surface area contributed by atoms with E-state index in [1.165, 1.54) is 12.1 Å². The van der Waals surface area contributed by atoms with Gasteiger partial charge in [-0.05, 0) is 31.2 Å². The van der Waals surface area contributed by atoms with Crippen LogP contribution in [0.4, 0.5) is 8.78 Å². The van der Waals surface area contributed by atoms with Gasteiger partial charge in [0.05, 0.1) is 11.1 Å². The number of ether oxygens (including phenoxy) is 3. The minimum absolute atomic E-state index is 0.190. The zero-order valence-corrected chi connectivity index (χ0v) is 14.5. The summed E-state index contributed by atoms with van der Waals surface area (Å²) in [6, 6.07) is 16.1. The third kappa shape index (κ3) is 4.14. The Bertz CT molecular complexity index is 795. The van der Waals surface area contributed by atoms with Gasteiger partial charge in [-0.1, -0.05) is 36.4 Å². The standard InChI is InChI=1S/C20H18F2O5/c1-20(22)16(27-18(24)14-10-6-3-7-11-14)15(26-19(20)21)12-25-17(23)13-8-4-2-5-9-13/h2-11,15-16,19H,12H2,1H3/t15-,16-,19?,20-/m1/s1. The van der Waals surface area contributed by atoms with Crippen molar-refractivity contribution < 1.29 is 32.6 Å². The fraction of sp³-hybridized carbons (Fsp3) is 0.300. The molecule has 0 amide bonds. The lowest BCUT2D eigenvalue weighted by Crippen LogP contribution is -2.44. The lowest BCUT2D eigenvalue weighted by molar-refractivity contribution is -0.0924. The predicted octanol–water partition coefficient (Wildman–Crippen LogP) is 3.49. The lowest BCUT2D eigenvalue weighted by Gasteiger charge is -2.25. The van der Waals surface area contributed by atoms with E-state index in [9.17, 15) is 18.4 Å². The van der Waals surface area contributed by atoms with Crippen molar-refractivity contribution in [3.05, 3.63) is 71.8 Å². The normalized spacial score (nSPS) is 27.1. The third-order valence-corrected chi connectivity index (χ3v) is 4.26. The van der Waals surface area contributed by atoms with Crippen molar-refractivity contribution in [2.45, 2.75) is 31.2 Å². The molecule has 2 aromatic carbocycles. The van der Waals surface area contributed by atoms with E-state index in [2.05, 4.69) is 0 Å². The Kier molecular flexibility index (Phi) is 5.51. The first kappa shape index (κ1) is 19.0. The SMILES string of the molecule is C[C@]1(F)C(F)O[C@H](COC(=O)c2ccccc2)[C@H]1OC(=O)c1ccccc1. The molecule has 1 fully saturated rings. The molecule has 7 heteroatoms. The number of rotatable bonds is 5. The summed E-state index contributed by atoms with van der Waals surface area (Å²) in [6.07, 6.45) is -5.15. The fourth-order valence-electron chi connectivity index (χ4n) is 2.74. The van der Waals surface area contributed by atoms with Gasteiger partial charge in [-0.2, -0.15) is 0 Å². The number of hydrogen-bond acceptors (Lipinski definition) is 5. The summed E-state index contributed by atoms with van der Waals surface area (Å²) in [6.45, 7) is 0.486. The van der Waals surface area contributed by atoms with Crippen LogP contribution in [-0.2, 0) is 14.2 Å². The first-order chi connectivity index (χ1) is 12.9.